The molecule has 104 valence electrons. The smallest absolute Gasteiger partial charge is 0.128 e. The molecule has 1 aliphatic rings. The van der Waals surface area contributed by atoms with Gasteiger partial charge in [0, 0.05) is 32.1 Å². The van der Waals surface area contributed by atoms with E-state index < -0.39 is 6.10 Å². The quantitative estimate of drug-likeness (QED) is 0.733. The molecule has 0 radical (unpaired) electrons. The summed E-state index contributed by atoms with van der Waals surface area (Å²) >= 11 is 15.5. The summed E-state index contributed by atoms with van der Waals surface area (Å²) in [6, 6.07) is 10.9. The molecular weight excluding hydrogens is 363 g/mol. The second kappa shape index (κ2) is 5.57. The molecular formula is C15H11BrCl2O2. The van der Waals surface area contributed by atoms with Gasteiger partial charge in [0.1, 0.15) is 11.9 Å². The van der Waals surface area contributed by atoms with Gasteiger partial charge < -0.3 is 9.84 Å². The molecule has 1 unspecified atom stereocenters. The third-order valence-corrected chi connectivity index (χ3v) is 4.41. The Kier molecular flexibility index (Phi) is 3.95. The number of aliphatic hydroxyl groups excluding tert-OH is 1. The zero-order valence-corrected chi connectivity index (χ0v) is 13.4. The predicted octanol–water partition coefficient (Wildman–Crippen LogP) is 5.31. The van der Waals surface area contributed by atoms with E-state index in [1.165, 1.54) is 0 Å². The molecule has 0 aliphatic carbocycles. The fraction of sp³-hybridized carbons (Fsp3) is 0.200. The minimum absolute atomic E-state index is 0.281. The van der Waals surface area contributed by atoms with E-state index in [0.29, 0.717) is 22.2 Å². The van der Waals surface area contributed by atoms with Gasteiger partial charge in [-0.05, 0) is 24.3 Å². The molecule has 2 atom stereocenters. The molecule has 0 spiro atoms. The predicted molar refractivity (Wildman–Crippen MR) is 83.5 cm³/mol. The summed E-state index contributed by atoms with van der Waals surface area (Å²) in [5.41, 5.74) is 1.63. The van der Waals surface area contributed by atoms with Crippen molar-refractivity contribution < 1.29 is 9.84 Å². The molecule has 2 nitrogen and oxygen atoms in total. The lowest BCUT2D eigenvalue weighted by molar-refractivity contribution is 0.0657. The Hall–Kier alpha value is -0.740. The minimum atomic E-state index is -0.566. The van der Waals surface area contributed by atoms with Crippen molar-refractivity contribution in [2.24, 2.45) is 0 Å². The molecule has 5 heteroatoms. The Morgan fingerprint density at radius 3 is 2.60 bits per heavy atom. The first kappa shape index (κ1) is 14.2. The molecule has 1 N–H and O–H groups in total. The largest absolute Gasteiger partial charge is 0.485 e. The molecule has 2 aromatic carbocycles. The van der Waals surface area contributed by atoms with E-state index in [1.54, 1.807) is 12.1 Å². The molecule has 0 aromatic heterocycles. The number of hydrogen-bond acceptors (Lipinski definition) is 2. The van der Waals surface area contributed by atoms with E-state index in [-0.39, 0.29) is 6.10 Å². The third-order valence-electron chi connectivity index (χ3n) is 3.35. The van der Waals surface area contributed by atoms with Crippen molar-refractivity contribution in [3.8, 4) is 5.75 Å². The summed E-state index contributed by atoms with van der Waals surface area (Å²) in [5.74, 6) is 0.675. The van der Waals surface area contributed by atoms with Crippen LogP contribution in [0.15, 0.2) is 40.9 Å². The molecule has 0 bridgehead atoms. The lowest BCUT2D eigenvalue weighted by Gasteiger charge is -2.30. The Morgan fingerprint density at radius 1 is 1.10 bits per heavy atom. The van der Waals surface area contributed by atoms with Crippen LogP contribution in [0, 0.1) is 0 Å². The van der Waals surface area contributed by atoms with Gasteiger partial charge in [-0.3, -0.25) is 0 Å². The second-order valence-electron chi connectivity index (χ2n) is 4.71. The SMILES string of the molecule is O[C@@H]1CC(c2ccc(Cl)cc2Cl)Oc2cc(Br)ccc21. The van der Waals surface area contributed by atoms with Gasteiger partial charge in [0.05, 0.1) is 6.10 Å². The van der Waals surface area contributed by atoms with Crippen molar-refractivity contribution in [2.45, 2.75) is 18.6 Å². The number of ether oxygens (including phenoxy) is 1. The number of hydrogen-bond donors (Lipinski definition) is 1. The highest BCUT2D eigenvalue weighted by atomic mass is 79.9. The maximum atomic E-state index is 10.3. The van der Waals surface area contributed by atoms with Gasteiger partial charge in [-0.1, -0.05) is 51.3 Å². The van der Waals surface area contributed by atoms with Crippen LogP contribution in [-0.4, -0.2) is 5.11 Å². The second-order valence-corrected chi connectivity index (χ2v) is 6.47. The zero-order valence-electron chi connectivity index (χ0n) is 10.3. The Bertz CT molecular complexity index is 660. The highest BCUT2D eigenvalue weighted by Crippen LogP contribution is 2.43. The van der Waals surface area contributed by atoms with Crippen LogP contribution in [0.25, 0.3) is 0 Å². The molecule has 0 amide bonds. The molecule has 3 rings (SSSR count). The van der Waals surface area contributed by atoms with E-state index in [4.69, 9.17) is 27.9 Å². The third kappa shape index (κ3) is 2.68. The van der Waals surface area contributed by atoms with Gasteiger partial charge in [-0.25, -0.2) is 0 Å². The highest BCUT2D eigenvalue weighted by molar-refractivity contribution is 9.10. The number of benzene rings is 2. The van der Waals surface area contributed by atoms with Crippen LogP contribution >= 0.6 is 39.1 Å². The van der Waals surface area contributed by atoms with Gasteiger partial charge in [-0.15, -0.1) is 0 Å². The fourth-order valence-electron chi connectivity index (χ4n) is 2.37. The van der Waals surface area contributed by atoms with E-state index in [2.05, 4.69) is 15.9 Å². The van der Waals surface area contributed by atoms with Crippen LogP contribution in [-0.2, 0) is 0 Å². The first-order valence-electron chi connectivity index (χ1n) is 6.13. The van der Waals surface area contributed by atoms with Crippen LogP contribution < -0.4 is 4.74 Å². The molecule has 1 aliphatic heterocycles. The van der Waals surface area contributed by atoms with Crippen LogP contribution in [0.3, 0.4) is 0 Å². The Morgan fingerprint density at radius 2 is 1.85 bits per heavy atom. The number of halogens is 3. The van der Waals surface area contributed by atoms with Gasteiger partial charge in [0.2, 0.25) is 0 Å². The maximum absolute atomic E-state index is 10.3. The van der Waals surface area contributed by atoms with Crippen LogP contribution in [0.2, 0.25) is 10.0 Å². The summed E-state index contributed by atoms with van der Waals surface area (Å²) < 4.78 is 6.88. The molecule has 0 saturated heterocycles. The van der Waals surface area contributed by atoms with Crippen molar-refractivity contribution in [1.82, 2.24) is 0 Å². The van der Waals surface area contributed by atoms with E-state index in [1.807, 2.05) is 24.3 Å². The van der Waals surface area contributed by atoms with E-state index >= 15 is 0 Å². The molecule has 1 heterocycles. The van der Waals surface area contributed by atoms with Crippen LogP contribution in [0.4, 0.5) is 0 Å². The van der Waals surface area contributed by atoms with Gasteiger partial charge in [0.15, 0.2) is 0 Å². The summed E-state index contributed by atoms with van der Waals surface area (Å²) in [7, 11) is 0. The lowest BCUT2D eigenvalue weighted by Crippen LogP contribution is -2.19. The van der Waals surface area contributed by atoms with Gasteiger partial charge in [-0.2, -0.15) is 0 Å². The first-order valence-corrected chi connectivity index (χ1v) is 7.68. The van der Waals surface area contributed by atoms with Gasteiger partial charge >= 0.3 is 0 Å². The van der Waals surface area contributed by atoms with Crippen molar-refractivity contribution in [3.05, 3.63) is 62.0 Å². The molecule has 20 heavy (non-hydrogen) atoms. The monoisotopic (exact) mass is 372 g/mol. The highest BCUT2D eigenvalue weighted by Gasteiger charge is 2.29. The average molecular weight is 374 g/mol. The number of aliphatic hydroxyl groups is 1. The number of rotatable bonds is 1. The first-order chi connectivity index (χ1) is 9.54. The molecule has 2 aromatic rings. The average Bonchev–Trinajstić information content (AvgIpc) is 2.37. The van der Waals surface area contributed by atoms with Crippen molar-refractivity contribution in [1.29, 1.82) is 0 Å². The summed E-state index contributed by atoms with van der Waals surface area (Å²) in [6.45, 7) is 0. The Balaban J connectivity index is 1.98. The van der Waals surface area contributed by atoms with E-state index in [9.17, 15) is 5.11 Å². The normalized spacial score (nSPS) is 21.2. The van der Waals surface area contributed by atoms with Gasteiger partial charge in [0.25, 0.3) is 0 Å². The molecule has 0 saturated carbocycles. The standard InChI is InChI=1S/C15H11BrCl2O2/c16-8-1-3-11-13(19)7-15(20-14(11)5-8)10-4-2-9(17)6-12(10)18/h1-6,13,15,19H,7H2/t13-,15?/m1/s1. The van der Waals surface area contributed by atoms with Crippen molar-refractivity contribution in [2.75, 3.05) is 0 Å². The fourth-order valence-corrected chi connectivity index (χ4v) is 3.24. The van der Waals surface area contributed by atoms with Crippen LogP contribution in [0.1, 0.15) is 29.8 Å². The summed E-state index contributed by atoms with van der Waals surface area (Å²) in [4.78, 5) is 0. The van der Waals surface area contributed by atoms with Crippen LogP contribution in [0.5, 0.6) is 5.75 Å². The van der Waals surface area contributed by atoms with Crippen molar-refractivity contribution in [3.63, 3.8) is 0 Å². The zero-order chi connectivity index (χ0) is 14.3. The van der Waals surface area contributed by atoms with Crippen molar-refractivity contribution >= 4 is 39.1 Å². The maximum Gasteiger partial charge on any atom is 0.128 e. The number of fused-ring (bicyclic) bond motifs is 1. The van der Waals surface area contributed by atoms with E-state index in [0.717, 1.165) is 15.6 Å². The summed E-state index contributed by atoms with van der Waals surface area (Å²) in [5, 5.41) is 11.4. The topological polar surface area (TPSA) is 29.5 Å². The summed E-state index contributed by atoms with van der Waals surface area (Å²) in [6.07, 6.45) is -0.379. The Labute approximate surface area is 135 Å². The lowest BCUT2D eigenvalue weighted by atomic mass is 9.95. The minimum Gasteiger partial charge on any atom is -0.485 e. The molecule has 0 fully saturated rings.